The van der Waals surface area contributed by atoms with Gasteiger partial charge in [0.25, 0.3) is 5.91 Å². The van der Waals surface area contributed by atoms with E-state index in [9.17, 15) is 4.79 Å². The van der Waals surface area contributed by atoms with Crippen molar-refractivity contribution in [3.05, 3.63) is 40.3 Å². The average Bonchev–Trinajstić information content (AvgIpc) is 3.14. The number of methoxy groups -OCH3 is 1. The summed E-state index contributed by atoms with van der Waals surface area (Å²) in [6.07, 6.45) is 2.69. The molecule has 0 radical (unpaired) electrons. The van der Waals surface area contributed by atoms with Crippen molar-refractivity contribution < 1.29 is 14.3 Å². The second kappa shape index (κ2) is 9.18. The predicted molar refractivity (Wildman–Crippen MR) is 132 cm³/mol. The number of thioether (sulfide) groups is 1. The number of aromatic nitrogens is 2. The van der Waals surface area contributed by atoms with E-state index in [1.54, 1.807) is 42.7 Å². The number of thiocarbonyl (C=S) groups is 1. The fourth-order valence-corrected chi connectivity index (χ4v) is 5.04. The molecule has 0 saturated carbocycles. The van der Waals surface area contributed by atoms with Gasteiger partial charge in [0.15, 0.2) is 16.1 Å². The second-order valence-corrected chi connectivity index (χ2v) is 10.00. The number of hydrogen-bond acceptors (Lipinski definition) is 9. The first kappa shape index (κ1) is 22.7. The van der Waals surface area contributed by atoms with Gasteiger partial charge in [0.05, 0.1) is 24.7 Å². The lowest BCUT2D eigenvalue weighted by molar-refractivity contribution is -0.0379. The Labute approximate surface area is 199 Å². The number of carbonyl (C=O) groups excluding carboxylic acids is 1. The molecule has 0 unspecified atom stereocenters. The molecule has 0 bridgehead atoms. The molecule has 0 atom stereocenters. The molecule has 4 rings (SSSR count). The Hall–Kier alpha value is -2.47. The number of ether oxygens (including phenoxy) is 2. The van der Waals surface area contributed by atoms with Gasteiger partial charge in [0, 0.05) is 16.9 Å². The van der Waals surface area contributed by atoms with Gasteiger partial charge < -0.3 is 9.47 Å². The highest BCUT2D eigenvalue weighted by Gasteiger charge is 2.31. The summed E-state index contributed by atoms with van der Waals surface area (Å²) in [4.78, 5) is 23.8. The number of thiophene rings is 1. The van der Waals surface area contributed by atoms with Crippen LogP contribution in [0.15, 0.2) is 29.4 Å². The van der Waals surface area contributed by atoms with Crippen LogP contribution in [0, 0.1) is 0 Å². The molecule has 0 fully saturated rings. The smallest absolute Gasteiger partial charge is 0.257 e. The molecule has 1 aromatic carbocycles. The molecule has 3 aromatic rings. The van der Waals surface area contributed by atoms with Crippen LogP contribution in [0.5, 0.6) is 5.75 Å². The van der Waals surface area contributed by atoms with Gasteiger partial charge in [-0.25, -0.2) is 9.97 Å². The van der Waals surface area contributed by atoms with Crippen LogP contribution >= 0.6 is 35.3 Å². The van der Waals surface area contributed by atoms with E-state index in [0.29, 0.717) is 28.9 Å². The zero-order valence-electron chi connectivity index (χ0n) is 18.1. The van der Waals surface area contributed by atoms with Gasteiger partial charge >= 0.3 is 0 Å². The monoisotopic (exact) mass is 489 g/mol. The van der Waals surface area contributed by atoms with E-state index in [1.807, 2.05) is 6.26 Å². The number of benzene rings is 1. The zero-order valence-corrected chi connectivity index (χ0v) is 20.5. The van der Waals surface area contributed by atoms with Crippen molar-refractivity contribution in [2.24, 2.45) is 0 Å². The molecule has 8 nitrogen and oxygen atoms in total. The summed E-state index contributed by atoms with van der Waals surface area (Å²) in [7, 11) is 1.57. The summed E-state index contributed by atoms with van der Waals surface area (Å²) in [6.45, 7) is 4.71. The van der Waals surface area contributed by atoms with Gasteiger partial charge in [-0.3, -0.25) is 21.0 Å². The number of rotatable bonds is 5. The molecule has 0 aliphatic carbocycles. The first-order valence-corrected chi connectivity index (χ1v) is 12.3. The van der Waals surface area contributed by atoms with Gasteiger partial charge in [-0.05, 0) is 62.2 Å². The summed E-state index contributed by atoms with van der Waals surface area (Å²) in [5.74, 6) is 0.973. The number of hydrazine groups is 1. The normalized spacial score (nSPS) is 14.5. The first-order valence-electron chi connectivity index (χ1n) is 9.81. The lowest BCUT2D eigenvalue weighted by Gasteiger charge is -2.30. The quantitative estimate of drug-likeness (QED) is 0.213. The summed E-state index contributed by atoms with van der Waals surface area (Å²) < 4.78 is 11.1. The highest BCUT2D eigenvalue weighted by atomic mass is 32.2. The molecular formula is C21H23N5O3S3. The molecule has 0 saturated heterocycles. The molecule has 168 valence electrons. The van der Waals surface area contributed by atoms with Crippen LogP contribution < -0.4 is 20.9 Å². The summed E-state index contributed by atoms with van der Waals surface area (Å²) in [5.41, 5.74) is 7.36. The molecule has 2 aromatic heterocycles. The van der Waals surface area contributed by atoms with Crippen molar-refractivity contribution in [2.75, 3.05) is 18.8 Å². The van der Waals surface area contributed by atoms with Crippen molar-refractivity contribution >= 4 is 62.4 Å². The first-order chi connectivity index (χ1) is 15.3. The molecule has 1 amide bonds. The van der Waals surface area contributed by atoms with E-state index in [-0.39, 0.29) is 16.6 Å². The Bertz CT molecular complexity index is 1180. The van der Waals surface area contributed by atoms with Crippen LogP contribution in [-0.2, 0) is 17.8 Å². The Kier molecular flexibility index (Phi) is 6.52. The number of carbonyl (C=O) groups is 1. The van der Waals surface area contributed by atoms with Crippen molar-refractivity contribution in [1.29, 1.82) is 0 Å². The standard InChI is InChI=1S/C21H23N5O3S3/c1-21(2)9-13-14(10-29-21)32-18-15(13)16(22-20(24-18)31-4)25-26-19(30)23-17(27)11-5-7-12(28-3)8-6-11/h5-8H,9-10H2,1-4H3,(H,22,24,25)(H2,23,26,27,30). The van der Waals surface area contributed by atoms with E-state index in [4.69, 9.17) is 21.7 Å². The van der Waals surface area contributed by atoms with Gasteiger partial charge in [0.1, 0.15) is 10.6 Å². The largest absolute Gasteiger partial charge is 0.497 e. The van der Waals surface area contributed by atoms with Gasteiger partial charge in [0.2, 0.25) is 0 Å². The maximum Gasteiger partial charge on any atom is 0.257 e. The van der Waals surface area contributed by atoms with Crippen molar-refractivity contribution in [3.8, 4) is 5.75 Å². The summed E-state index contributed by atoms with van der Waals surface area (Å²) >= 11 is 8.38. The molecule has 32 heavy (non-hydrogen) atoms. The summed E-state index contributed by atoms with van der Waals surface area (Å²) in [5, 5.41) is 4.40. The average molecular weight is 490 g/mol. The molecular weight excluding hydrogens is 466 g/mol. The zero-order chi connectivity index (χ0) is 22.9. The fraction of sp³-hybridized carbons (Fsp3) is 0.333. The maximum atomic E-state index is 12.5. The van der Waals surface area contributed by atoms with Crippen molar-refractivity contribution in [3.63, 3.8) is 0 Å². The third kappa shape index (κ3) is 4.80. The number of nitrogens with zero attached hydrogens (tertiary/aromatic N) is 2. The highest BCUT2D eigenvalue weighted by molar-refractivity contribution is 7.98. The lowest BCUT2D eigenvalue weighted by Crippen LogP contribution is -2.42. The minimum atomic E-state index is -0.323. The van der Waals surface area contributed by atoms with E-state index in [0.717, 1.165) is 21.5 Å². The SMILES string of the molecule is COc1ccc(C(=O)NC(=S)NNc2nc(SC)nc3sc4c(c23)CC(C)(C)OC4)cc1. The number of fused-ring (bicyclic) bond motifs is 3. The topological polar surface area (TPSA) is 97.4 Å². The van der Waals surface area contributed by atoms with Gasteiger partial charge in [-0.15, -0.1) is 11.3 Å². The third-order valence-corrected chi connectivity index (χ3v) is 6.82. The number of amides is 1. The Balaban J connectivity index is 1.52. The fourth-order valence-electron chi connectivity index (χ4n) is 3.37. The van der Waals surface area contributed by atoms with Gasteiger partial charge in [-0.2, -0.15) is 0 Å². The molecule has 11 heteroatoms. The number of anilines is 1. The van der Waals surface area contributed by atoms with E-state index in [1.165, 1.54) is 17.3 Å². The summed E-state index contributed by atoms with van der Waals surface area (Å²) in [6, 6.07) is 6.78. The van der Waals surface area contributed by atoms with Crippen LogP contribution in [0.2, 0.25) is 0 Å². The Morgan fingerprint density at radius 3 is 2.72 bits per heavy atom. The van der Waals surface area contributed by atoms with Crippen LogP contribution in [0.25, 0.3) is 10.2 Å². The maximum absolute atomic E-state index is 12.5. The molecule has 3 N–H and O–H groups in total. The van der Waals surface area contributed by atoms with Crippen molar-refractivity contribution in [1.82, 2.24) is 20.7 Å². The highest BCUT2D eigenvalue weighted by Crippen LogP contribution is 2.41. The Morgan fingerprint density at radius 2 is 2.03 bits per heavy atom. The number of hydrogen-bond donors (Lipinski definition) is 3. The minimum absolute atomic E-state index is 0.135. The molecule has 0 spiro atoms. The van der Waals surface area contributed by atoms with E-state index >= 15 is 0 Å². The third-order valence-electron chi connectivity index (χ3n) is 4.97. The predicted octanol–water partition coefficient (Wildman–Crippen LogP) is 3.90. The van der Waals surface area contributed by atoms with Crippen LogP contribution in [0.1, 0.15) is 34.6 Å². The Morgan fingerprint density at radius 1 is 1.28 bits per heavy atom. The van der Waals surface area contributed by atoms with Crippen LogP contribution in [-0.4, -0.2) is 40.0 Å². The van der Waals surface area contributed by atoms with E-state index in [2.05, 4.69) is 40.0 Å². The lowest BCUT2D eigenvalue weighted by atomic mass is 9.94. The van der Waals surface area contributed by atoms with E-state index < -0.39 is 0 Å². The second-order valence-electron chi connectivity index (χ2n) is 7.73. The number of nitrogens with one attached hydrogen (secondary N) is 3. The molecule has 3 heterocycles. The molecule has 1 aliphatic rings. The minimum Gasteiger partial charge on any atom is -0.497 e. The van der Waals surface area contributed by atoms with Crippen LogP contribution in [0.4, 0.5) is 5.82 Å². The van der Waals surface area contributed by atoms with Crippen LogP contribution in [0.3, 0.4) is 0 Å². The van der Waals surface area contributed by atoms with Gasteiger partial charge in [-0.1, -0.05) is 11.8 Å². The molecule has 1 aliphatic heterocycles. The van der Waals surface area contributed by atoms with Crippen molar-refractivity contribution in [2.45, 2.75) is 37.6 Å².